The van der Waals surface area contributed by atoms with Crippen molar-refractivity contribution in [3.63, 3.8) is 0 Å². The summed E-state index contributed by atoms with van der Waals surface area (Å²) in [6, 6.07) is 21.5. The van der Waals surface area contributed by atoms with Crippen LogP contribution >= 0.6 is 0 Å². The maximum atomic E-state index is 13.4. The van der Waals surface area contributed by atoms with Gasteiger partial charge >= 0.3 is 6.09 Å². The van der Waals surface area contributed by atoms with Gasteiger partial charge in [-0.1, -0.05) is 100 Å². The molecule has 2 saturated carbocycles. The Morgan fingerprint density at radius 2 is 1.47 bits per heavy atom. The Hall–Kier alpha value is -2.78. The predicted octanol–water partition coefficient (Wildman–Crippen LogP) is 8.34. The molecule has 1 saturated heterocycles. The van der Waals surface area contributed by atoms with Crippen molar-refractivity contribution in [1.82, 2.24) is 5.32 Å². The Bertz CT molecular complexity index is 1440. The van der Waals surface area contributed by atoms with E-state index >= 15 is 0 Å². The van der Waals surface area contributed by atoms with Crippen molar-refractivity contribution >= 4 is 30.6 Å². The van der Waals surface area contributed by atoms with Gasteiger partial charge in [-0.3, -0.25) is 4.79 Å². The molecular formula is C43H63NO6Si. The van der Waals surface area contributed by atoms with E-state index in [1.165, 1.54) is 23.2 Å². The molecule has 1 N–H and O–H groups in total. The third kappa shape index (κ3) is 9.42. The van der Waals surface area contributed by atoms with Gasteiger partial charge in [0.25, 0.3) is 8.32 Å². The number of alkyl carbamates (subject to hydrolysis) is 1. The van der Waals surface area contributed by atoms with E-state index in [0.29, 0.717) is 37.7 Å². The minimum atomic E-state index is -2.81. The zero-order chi connectivity index (χ0) is 37.0. The van der Waals surface area contributed by atoms with Gasteiger partial charge in [0.1, 0.15) is 5.60 Å². The molecule has 3 aliphatic rings. The first-order chi connectivity index (χ1) is 24.0. The molecule has 1 aliphatic heterocycles. The Morgan fingerprint density at radius 3 is 2.04 bits per heavy atom. The second-order valence-corrected chi connectivity index (χ2v) is 22.0. The van der Waals surface area contributed by atoms with Gasteiger partial charge in [-0.25, -0.2) is 4.79 Å². The molecule has 7 nitrogen and oxygen atoms in total. The summed E-state index contributed by atoms with van der Waals surface area (Å²) >= 11 is 0. The summed E-state index contributed by atoms with van der Waals surface area (Å²) in [5.41, 5.74) is -0.547. The van der Waals surface area contributed by atoms with Gasteiger partial charge in [-0.15, -0.1) is 0 Å². The summed E-state index contributed by atoms with van der Waals surface area (Å²) in [6.07, 6.45) is 9.94. The van der Waals surface area contributed by atoms with Crippen LogP contribution in [-0.4, -0.2) is 56.4 Å². The number of hydrogen-bond acceptors (Lipinski definition) is 6. The lowest BCUT2D eigenvalue weighted by Crippen LogP contribution is -2.67. The smallest absolute Gasteiger partial charge is 0.407 e. The number of allylic oxidation sites excluding steroid dienone is 2. The Morgan fingerprint density at radius 1 is 0.902 bits per heavy atom. The zero-order valence-electron chi connectivity index (χ0n) is 32.6. The fraction of sp³-hybridized carbons (Fsp3) is 0.628. The van der Waals surface area contributed by atoms with E-state index in [9.17, 15) is 9.59 Å². The van der Waals surface area contributed by atoms with Crippen LogP contribution in [0.4, 0.5) is 4.79 Å². The van der Waals surface area contributed by atoms with E-state index in [4.69, 9.17) is 18.6 Å². The minimum absolute atomic E-state index is 0.0115. The third-order valence-electron chi connectivity index (χ3n) is 11.1. The van der Waals surface area contributed by atoms with Crippen LogP contribution in [0, 0.1) is 23.7 Å². The first kappa shape index (κ1) is 39.4. The molecule has 1 amide bonds. The number of benzene rings is 2. The van der Waals surface area contributed by atoms with Crippen molar-refractivity contribution in [3.8, 4) is 0 Å². The topological polar surface area (TPSA) is 83.1 Å². The molecule has 7 atom stereocenters. The average molecular weight is 718 g/mol. The van der Waals surface area contributed by atoms with Crippen LogP contribution in [-0.2, 0) is 23.4 Å². The van der Waals surface area contributed by atoms with E-state index in [-0.39, 0.29) is 40.9 Å². The molecule has 0 aromatic heterocycles. The van der Waals surface area contributed by atoms with Crippen LogP contribution in [0.2, 0.25) is 5.04 Å². The van der Waals surface area contributed by atoms with Crippen LogP contribution in [0.3, 0.4) is 0 Å². The molecule has 0 spiro atoms. The maximum absolute atomic E-state index is 13.4. The fourth-order valence-electron chi connectivity index (χ4n) is 9.03. The summed E-state index contributed by atoms with van der Waals surface area (Å²) in [5.74, 6) is 0.380. The van der Waals surface area contributed by atoms with E-state index in [1.54, 1.807) is 0 Å². The molecule has 0 unspecified atom stereocenters. The zero-order valence-corrected chi connectivity index (χ0v) is 33.6. The van der Waals surface area contributed by atoms with Crippen molar-refractivity contribution in [1.29, 1.82) is 0 Å². The molecule has 8 heteroatoms. The van der Waals surface area contributed by atoms with Gasteiger partial charge in [0, 0.05) is 25.0 Å². The van der Waals surface area contributed by atoms with Crippen molar-refractivity contribution in [2.45, 2.75) is 142 Å². The largest absolute Gasteiger partial charge is 0.444 e. The second-order valence-electron chi connectivity index (χ2n) is 17.7. The molecule has 280 valence electrons. The number of nitrogens with one attached hydrogen (secondary N) is 1. The average Bonchev–Trinajstić information content (AvgIpc) is 3.39. The number of fused-ring (bicyclic) bond motifs is 3. The molecular weight excluding hydrogens is 655 g/mol. The van der Waals surface area contributed by atoms with Crippen LogP contribution in [0.25, 0.3) is 0 Å². The molecule has 0 bridgehead atoms. The number of ether oxygens (including phenoxy) is 3. The summed E-state index contributed by atoms with van der Waals surface area (Å²) in [4.78, 5) is 25.6. The fourth-order valence-corrected chi connectivity index (χ4v) is 13.6. The normalized spacial score (nSPS) is 27.0. The standard InChI is InChI=1S/C43H63NO6Si/c1-30(44-40(46)50-41(2,3)4)19-18-20-31(45)27-28-35-34-25-16-17-26-36(34)38-39(49-43(8,9)48-38)37(35)29-47-51(42(5,6)7,32-21-12-10-13-22-32)33-23-14-11-15-24-33/h10-15,21-24,27-28,30,34-39H,16-20,25-26,29H2,1-9H3,(H,44,46)/b28-27+/t30-,34-,35-,36+,37-,38-,39+/m1/s1. The van der Waals surface area contributed by atoms with Gasteiger partial charge < -0.3 is 24.0 Å². The third-order valence-corrected chi connectivity index (χ3v) is 16.1. The number of carbonyl (C=O) groups excluding carboxylic acids is 2. The molecule has 0 radical (unpaired) electrons. The van der Waals surface area contributed by atoms with Crippen molar-refractivity contribution in [2.75, 3.05) is 6.61 Å². The van der Waals surface area contributed by atoms with Crippen molar-refractivity contribution < 1.29 is 28.2 Å². The number of carbonyl (C=O) groups is 2. The first-order valence-electron chi connectivity index (χ1n) is 19.3. The number of rotatable bonds is 12. The van der Waals surface area contributed by atoms with Crippen LogP contribution in [0.1, 0.15) is 107 Å². The minimum Gasteiger partial charge on any atom is -0.444 e. The van der Waals surface area contributed by atoms with E-state index in [1.807, 2.05) is 47.6 Å². The lowest BCUT2D eigenvalue weighted by Gasteiger charge is -2.51. The summed E-state index contributed by atoms with van der Waals surface area (Å²) in [7, 11) is -2.81. The molecule has 2 aromatic carbocycles. The van der Waals surface area contributed by atoms with Gasteiger partial charge in [-0.2, -0.15) is 0 Å². The molecule has 1 heterocycles. The molecule has 2 aliphatic carbocycles. The Kier molecular flexibility index (Phi) is 12.4. The summed E-state index contributed by atoms with van der Waals surface area (Å²) in [6.45, 7) is 19.1. The molecule has 5 rings (SSSR count). The maximum Gasteiger partial charge on any atom is 0.407 e. The number of ketones is 1. The lowest BCUT2D eigenvalue weighted by atomic mass is 9.59. The van der Waals surface area contributed by atoms with Crippen LogP contribution < -0.4 is 15.7 Å². The van der Waals surface area contributed by atoms with E-state index in [0.717, 1.165) is 12.8 Å². The molecule has 2 aromatic rings. The summed E-state index contributed by atoms with van der Waals surface area (Å²) < 4.78 is 26.5. The van der Waals surface area contributed by atoms with Crippen molar-refractivity contribution in [3.05, 3.63) is 72.8 Å². The highest BCUT2D eigenvalue weighted by atomic mass is 28.4. The Balaban J connectivity index is 1.40. The predicted molar refractivity (Wildman–Crippen MR) is 207 cm³/mol. The summed E-state index contributed by atoms with van der Waals surface area (Å²) in [5, 5.41) is 5.25. The van der Waals surface area contributed by atoms with Gasteiger partial charge in [-0.05, 0) is 106 Å². The monoisotopic (exact) mass is 717 g/mol. The lowest BCUT2D eigenvalue weighted by molar-refractivity contribution is -0.153. The highest BCUT2D eigenvalue weighted by molar-refractivity contribution is 6.99. The SMILES string of the molecule is C[C@H](CCCC(=O)/C=C/[C@@H]1[C@H]2CCCC[C@@H]2[C@H]2OC(C)(C)O[C@H]2[C@@H]1CO[Si](c1ccccc1)(c1ccccc1)C(C)(C)C)NC(=O)OC(C)(C)C. The number of amides is 1. The highest BCUT2D eigenvalue weighted by Crippen LogP contribution is 2.53. The van der Waals surface area contributed by atoms with E-state index < -0.39 is 25.8 Å². The van der Waals surface area contributed by atoms with E-state index in [2.05, 4.69) is 92.8 Å². The van der Waals surface area contributed by atoms with Gasteiger partial charge in [0.15, 0.2) is 11.6 Å². The molecule has 3 fully saturated rings. The van der Waals surface area contributed by atoms with Crippen molar-refractivity contribution in [2.24, 2.45) is 23.7 Å². The number of hydrogen-bond donors (Lipinski definition) is 1. The van der Waals surface area contributed by atoms with Gasteiger partial charge in [0.2, 0.25) is 0 Å². The van der Waals surface area contributed by atoms with Crippen LogP contribution in [0.5, 0.6) is 0 Å². The molecule has 51 heavy (non-hydrogen) atoms. The quantitative estimate of drug-likeness (QED) is 0.176. The second kappa shape index (κ2) is 16.1. The Labute approximate surface area is 308 Å². The van der Waals surface area contributed by atoms with Gasteiger partial charge in [0.05, 0.1) is 12.2 Å². The highest BCUT2D eigenvalue weighted by Gasteiger charge is 2.58. The van der Waals surface area contributed by atoms with Crippen LogP contribution in [0.15, 0.2) is 72.8 Å². The first-order valence-corrected chi connectivity index (χ1v) is 21.2.